The van der Waals surface area contributed by atoms with E-state index in [1.54, 1.807) is 0 Å². The second-order valence-corrected chi connectivity index (χ2v) is 11.5. The van der Waals surface area contributed by atoms with E-state index in [1.165, 1.54) is 12.3 Å². The Balaban J connectivity index is 1.59. The van der Waals surface area contributed by atoms with E-state index in [9.17, 15) is 34.9 Å². The summed E-state index contributed by atoms with van der Waals surface area (Å²) in [5.74, 6) is -0.308. The molecule has 7 nitrogen and oxygen atoms in total. The highest BCUT2D eigenvalue weighted by molar-refractivity contribution is 8.01. The van der Waals surface area contributed by atoms with Crippen molar-refractivity contribution < 1.29 is 34.9 Å². The van der Waals surface area contributed by atoms with Gasteiger partial charge in [0.05, 0.1) is 25.0 Å². The van der Waals surface area contributed by atoms with Crippen LogP contribution in [0.15, 0.2) is 24.4 Å². The first-order chi connectivity index (χ1) is 18.4. The van der Waals surface area contributed by atoms with Gasteiger partial charge in [0, 0.05) is 51.6 Å². The van der Waals surface area contributed by atoms with E-state index in [4.69, 9.17) is 0 Å². The minimum atomic E-state index is -4.62. The van der Waals surface area contributed by atoms with Crippen LogP contribution in [-0.4, -0.2) is 62.8 Å². The van der Waals surface area contributed by atoms with Gasteiger partial charge in [0.15, 0.2) is 11.6 Å². The first kappa shape index (κ1) is 28.8. The van der Waals surface area contributed by atoms with Crippen LogP contribution < -0.4 is 15.4 Å². The number of alkyl halides is 5. The van der Waals surface area contributed by atoms with E-state index < -0.39 is 58.7 Å². The lowest BCUT2D eigenvalue weighted by Gasteiger charge is -2.29. The Morgan fingerprint density at radius 3 is 2.46 bits per heavy atom. The molecule has 0 radical (unpaired) electrons. The maximum absolute atomic E-state index is 14.8. The number of halogens is 7. The summed E-state index contributed by atoms with van der Waals surface area (Å²) in [7, 11) is -3.71. The van der Waals surface area contributed by atoms with Crippen LogP contribution in [0.1, 0.15) is 18.4 Å². The van der Waals surface area contributed by atoms with Crippen molar-refractivity contribution in [1.29, 1.82) is 0 Å². The predicted molar refractivity (Wildman–Crippen MR) is 136 cm³/mol. The molecule has 3 N–H and O–H groups in total. The molecule has 1 aromatic carbocycles. The zero-order valence-electron chi connectivity index (χ0n) is 20.4. The number of benzene rings is 1. The molecule has 0 amide bonds. The molecular weight excluding hydrogens is 553 g/mol. The number of nitrogens with zero attached hydrogens (tertiary/aromatic N) is 3. The number of hydrogen-bond acceptors (Lipinski definition) is 6. The zero-order valence-corrected chi connectivity index (χ0v) is 21.2. The van der Waals surface area contributed by atoms with E-state index in [0.29, 0.717) is 19.5 Å². The van der Waals surface area contributed by atoms with E-state index in [2.05, 4.69) is 31.5 Å². The Labute approximate surface area is 219 Å². The third-order valence-electron chi connectivity index (χ3n) is 6.10. The van der Waals surface area contributed by atoms with Gasteiger partial charge in [-0.3, -0.25) is 4.39 Å². The number of piperidine rings is 1. The fourth-order valence-electron chi connectivity index (χ4n) is 4.19. The Morgan fingerprint density at radius 1 is 1.10 bits per heavy atom. The predicted octanol–water partition coefficient (Wildman–Crippen LogP) is 4.79. The molecule has 1 aliphatic heterocycles. The van der Waals surface area contributed by atoms with Gasteiger partial charge in [0.25, 0.3) is 0 Å². The van der Waals surface area contributed by atoms with Crippen molar-refractivity contribution >= 4 is 38.2 Å². The van der Waals surface area contributed by atoms with Gasteiger partial charge in [-0.05, 0) is 30.5 Å². The van der Waals surface area contributed by atoms with Gasteiger partial charge in [-0.2, -0.15) is 13.2 Å². The number of nitrogens with one attached hydrogen (secondary N) is 3. The molecule has 3 heterocycles. The summed E-state index contributed by atoms with van der Waals surface area (Å²) < 4.78 is 108. The Bertz CT molecular complexity index is 1430. The molecule has 1 unspecified atom stereocenters. The lowest BCUT2D eigenvalue weighted by atomic mass is 9.97. The van der Waals surface area contributed by atoms with E-state index in [1.807, 2.05) is 4.72 Å². The van der Waals surface area contributed by atoms with Crippen LogP contribution in [0.5, 0.6) is 0 Å². The van der Waals surface area contributed by atoms with Crippen LogP contribution in [0.3, 0.4) is 0 Å². The normalized spacial score (nSPS) is 19.6. The molecule has 0 spiro atoms. The summed E-state index contributed by atoms with van der Waals surface area (Å²) in [6.45, 7) is -0.313. The molecule has 4 rings (SSSR count). The number of pyridine rings is 1. The highest BCUT2D eigenvalue weighted by Crippen LogP contribution is 2.31. The first-order valence-corrected chi connectivity index (χ1v) is 13.7. The van der Waals surface area contributed by atoms with Crippen LogP contribution in [0, 0.1) is 17.6 Å². The summed E-state index contributed by atoms with van der Waals surface area (Å²) in [6, 6.07) is 2.78. The van der Waals surface area contributed by atoms with Crippen molar-refractivity contribution in [2.75, 3.05) is 35.6 Å². The van der Waals surface area contributed by atoms with Gasteiger partial charge in [0.2, 0.25) is 5.95 Å². The molecule has 1 fully saturated rings. The van der Waals surface area contributed by atoms with Crippen molar-refractivity contribution in [3.63, 3.8) is 0 Å². The average molecular weight is 579 g/mol. The summed E-state index contributed by atoms with van der Waals surface area (Å²) in [5, 5.41) is 6.21. The summed E-state index contributed by atoms with van der Waals surface area (Å²) in [6.07, 6.45) is -4.20. The molecule has 1 aliphatic rings. The third kappa shape index (κ3) is 7.26. The number of anilines is 2. The van der Waals surface area contributed by atoms with Crippen molar-refractivity contribution in [1.82, 2.24) is 20.3 Å². The molecule has 0 aliphatic carbocycles. The minimum absolute atomic E-state index is 0.0153. The van der Waals surface area contributed by atoms with Crippen molar-refractivity contribution in [3.05, 3.63) is 41.6 Å². The van der Waals surface area contributed by atoms with Crippen LogP contribution in [-0.2, 0) is 16.4 Å². The van der Waals surface area contributed by atoms with Gasteiger partial charge < -0.3 is 15.4 Å². The minimum Gasteiger partial charge on any atom is -0.350 e. The SMILES string of the molecule is C=S(=O)(CCC(F)(F)F)Nc1c(F)cc(-c2cc(CF)c3nc(N[C@@H]4CNC[C@H](CF)C4)ncc3n2)cc1F. The lowest BCUT2D eigenvalue weighted by Crippen LogP contribution is -2.44. The first-order valence-electron chi connectivity index (χ1n) is 11.8. The molecule has 3 aromatic rings. The third-order valence-corrected chi connectivity index (χ3v) is 7.54. The molecule has 0 bridgehead atoms. The summed E-state index contributed by atoms with van der Waals surface area (Å²) in [5.41, 5.74) is -0.641. The van der Waals surface area contributed by atoms with Gasteiger partial charge in [-0.25, -0.2) is 32.3 Å². The summed E-state index contributed by atoms with van der Waals surface area (Å²) in [4.78, 5) is 12.8. The summed E-state index contributed by atoms with van der Waals surface area (Å²) >= 11 is 0. The Hall–Kier alpha value is -3.20. The largest absolute Gasteiger partial charge is 0.390 e. The second-order valence-electron chi connectivity index (χ2n) is 9.28. The quantitative estimate of drug-likeness (QED) is 0.250. The van der Waals surface area contributed by atoms with Gasteiger partial charge in [0.1, 0.15) is 23.4 Å². The fraction of sp³-hybridized carbons (Fsp3) is 0.417. The maximum atomic E-state index is 14.8. The fourth-order valence-corrected chi connectivity index (χ4v) is 5.42. The number of aromatic nitrogens is 3. The molecule has 39 heavy (non-hydrogen) atoms. The molecule has 3 atom stereocenters. The average Bonchev–Trinajstić information content (AvgIpc) is 2.88. The van der Waals surface area contributed by atoms with Gasteiger partial charge >= 0.3 is 6.18 Å². The topological polar surface area (TPSA) is 91.8 Å². The van der Waals surface area contributed by atoms with Crippen molar-refractivity contribution in [2.24, 2.45) is 5.92 Å². The van der Waals surface area contributed by atoms with Crippen LogP contribution in [0.4, 0.5) is 42.4 Å². The highest BCUT2D eigenvalue weighted by atomic mass is 32.2. The van der Waals surface area contributed by atoms with E-state index in [-0.39, 0.29) is 45.8 Å². The molecule has 212 valence electrons. The van der Waals surface area contributed by atoms with Crippen molar-refractivity contribution in [3.8, 4) is 11.3 Å². The molecule has 2 aromatic heterocycles. The smallest absolute Gasteiger partial charge is 0.350 e. The van der Waals surface area contributed by atoms with Crippen LogP contribution >= 0.6 is 0 Å². The lowest BCUT2D eigenvalue weighted by molar-refractivity contribution is -0.129. The Kier molecular flexibility index (Phi) is 8.49. The molecule has 15 heteroatoms. The van der Waals surface area contributed by atoms with E-state index in [0.717, 1.165) is 12.1 Å². The standard InChI is InChI=1S/C24H25F7N6OS/c1-39(38,3-2-24(29,30)31)37-22-17(27)5-14(6-18(22)28)19-7-15(9-26)21-20(35-19)12-33-23(36-21)34-16-4-13(8-25)10-32-11-16/h5-7,12-13,16,32H,1-4,8-11H2,(H,37,38)(H,33,34,36)/t13-,16-,39?/m0/s1. The Morgan fingerprint density at radius 2 is 1.82 bits per heavy atom. The number of rotatable bonds is 9. The number of fused-ring (bicyclic) bond motifs is 1. The zero-order chi connectivity index (χ0) is 28.4. The molecular formula is C24H25F7N6OS. The van der Waals surface area contributed by atoms with Gasteiger partial charge in [-0.1, -0.05) is 0 Å². The van der Waals surface area contributed by atoms with Gasteiger partial charge in [-0.15, -0.1) is 0 Å². The monoisotopic (exact) mass is 578 g/mol. The second kappa shape index (κ2) is 11.5. The van der Waals surface area contributed by atoms with Crippen LogP contribution in [0.25, 0.3) is 22.3 Å². The molecule has 1 saturated heterocycles. The molecule has 0 saturated carbocycles. The maximum Gasteiger partial charge on any atom is 0.390 e. The number of hydrogen-bond donors (Lipinski definition) is 3. The van der Waals surface area contributed by atoms with Crippen molar-refractivity contribution in [2.45, 2.75) is 31.7 Å². The van der Waals surface area contributed by atoms with E-state index >= 15 is 0 Å². The van der Waals surface area contributed by atoms with Crippen LogP contribution in [0.2, 0.25) is 0 Å². The highest BCUT2D eigenvalue weighted by Gasteiger charge is 2.29.